The molecule has 0 radical (unpaired) electrons. The van der Waals surface area contributed by atoms with Crippen LogP contribution in [0.3, 0.4) is 0 Å². The first-order valence-electron chi connectivity index (χ1n) is 5.53. The van der Waals surface area contributed by atoms with Crippen LogP contribution < -0.4 is 15.4 Å². The second-order valence-electron chi connectivity index (χ2n) is 4.13. The topological polar surface area (TPSA) is 50.4 Å². The van der Waals surface area contributed by atoms with Crippen LogP contribution in [0.2, 0.25) is 0 Å². The molecule has 0 atom stereocenters. The lowest BCUT2D eigenvalue weighted by Crippen LogP contribution is -2.43. The fraction of sp³-hybridized carbons (Fsp3) is 0.417. The molecule has 1 amide bonds. The minimum absolute atomic E-state index is 0.0823. The van der Waals surface area contributed by atoms with Crippen molar-refractivity contribution in [3.05, 3.63) is 24.0 Å². The van der Waals surface area contributed by atoms with Crippen LogP contribution in [0, 0.1) is 11.7 Å². The van der Waals surface area contributed by atoms with Gasteiger partial charge < -0.3 is 15.4 Å². The number of halogens is 1. The Morgan fingerprint density at radius 3 is 2.88 bits per heavy atom. The molecule has 17 heavy (non-hydrogen) atoms. The molecule has 1 aromatic carbocycles. The van der Waals surface area contributed by atoms with E-state index < -0.39 is 5.82 Å². The predicted octanol–water partition coefficient (Wildman–Crippen LogP) is 1.38. The minimum Gasteiger partial charge on any atom is -0.494 e. The zero-order valence-electron chi connectivity index (χ0n) is 9.63. The first kappa shape index (κ1) is 11.9. The van der Waals surface area contributed by atoms with Gasteiger partial charge in [0, 0.05) is 18.2 Å². The molecule has 0 aliphatic carbocycles. The Morgan fingerprint density at radius 1 is 1.59 bits per heavy atom. The van der Waals surface area contributed by atoms with Gasteiger partial charge in [-0.1, -0.05) is 0 Å². The fourth-order valence-electron chi connectivity index (χ4n) is 1.71. The molecular weight excluding hydrogens is 223 g/mol. The maximum absolute atomic E-state index is 13.4. The number of nitrogens with one attached hydrogen (secondary N) is 2. The molecule has 1 aliphatic rings. The molecule has 4 nitrogen and oxygen atoms in total. The monoisotopic (exact) mass is 238 g/mol. The Kier molecular flexibility index (Phi) is 3.58. The van der Waals surface area contributed by atoms with E-state index in [9.17, 15) is 9.18 Å². The van der Waals surface area contributed by atoms with E-state index in [2.05, 4.69) is 10.6 Å². The van der Waals surface area contributed by atoms with Crippen molar-refractivity contribution in [2.24, 2.45) is 5.92 Å². The van der Waals surface area contributed by atoms with Gasteiger partial charge >= 0.3 is 0 Å². The summed E-state index contributed by atoms with van der Waals surface area (Å²) in [6.45, 7) is 1.76. The van der Waals surface area contributed by atoms with E-state index in [-0.39, 0.29) is 11.7 Å². The summed E-state index contributed by atoms with van der Waals surface area (Å²) in [7, 11) is 1.40. The number of carbonyl (C=O) groups excluding carboxylic acids is 1. The van der Waals surface area contributed by atoms with Crippen molar-refractivity contribution < 1.29 is 13.9 Å². The Labute approximate surface area is 99.2 Å². The van der Waals surface area contributed by atoms with Gasteiger partial charge in [0.25, 0.3) is 0 Å². The van der Waals surface area contributed by atoms with Crippen LogP contribution in [0.15, 0.2) is 18.2 Å². The van der Waals surface area contributed by atoms with Gasteiger partial charge in [-0.3, -0.25) is 4.79 Å². The average Bonchev–Trinajstić information content (AvgIpc) is 2.24. The average molecular weight is 238 g/mol. The smallest absolute Gasteiger partial charge is 0.224 e. The van der Waals surface area contributed by atoms with E-state index in [0.717, 1.165) is 13.1 Å². The van der Waals surface area contributed by atoms with E-state index in [1.807, 2.05) is 0 Å². The van der Waals surface area contributed by atoms with Crippen molar-refractivity contribution in [3.8, 4) is 5.75 Å². The van der Waals surface area contributed by atoms with E-state index >= 15 is 0 Å². The molecule has 92 valence electrons. The lowest BCUT2D eigenvalue weighted by atomic mass is 9.99. The summed E-state index contributed by atoms with van der Waals surface area (Å²) >= 11 is 0. The summed E-state index contributed by atoms with van der Waals surface area (Å²) in [5, 5.41) is 5.77. The zero-order chi connectivity index (χ0) is 12.3. The normalized spacial score (nSPS) is 15.2. The number of benzene rings is 1. The molecule has 5 heteroatoms. The summed E-state index contributed by atoms with van der Waals surface area (Å²) in [4.78, 5) is 11.6. The number of anilines is 1. The van der Waals surface area contributed by atoms with Crippen LogP contribution in [0.25, 0.3) is 0 Å². The molecule has 0 aromatic heterocycles. The van der Waals surface area contributed by atoms with Crippen LogP contribution in [-0.4, -0.2) is 26.1 Å². The Hall–Kier alpha value is -1.62. The van der Waals surface area contributed by atoms with Crippen molar-refractivity contribution in [2.45, 2.75) is 6.42 Å². The van der Waals surface area contributed by atoms with Crippen molar-refractivity contribution in [1.82, 2.24) is 5.32 Å². The standard InChI is InChI=1S/C12H15FN2O2/c1-17-11-3-2-9(5-10(11)13)15-12(16)4-8-6-14-7-8/h2-3,5,8,14H,4,6-7H2,1H3,(H,15,16). The summed E-state index contributed by atoms with van der Waals surface area (Å²) in [5.74, 6) is 0.0148. The number of hydrogen-bond donors (Lipinski definition) is 2. The number of hydrogen-bond acceptors (Lipinski definition) is 3. The molecule has 1 aromatic rings. The number of ether oxygens (including phenoxy) is 1. The second kappa shape index (κ2) is 5.14. The third-order valence-corrected chi connectivity index (χ3v) is 2.78. The predicted molar refractivity (Wildman–Crippen MR) is 62.6 cm³/mol. The van der Waals surface area contributed by atoms with E-state index in [1.165, 1.54) is 19.2 Å². The van der Waals surface area contributed by atoms with Gasteiger partial charge in [0.05, 0.1) is 7.11 Å². The van der Waals surface area contributed by atoms with Crippen LogP contribution in [0.5, 0.6) is 5.75 Å². The summed E-state index contributed by atoms with van der Waals surface area (Å²) in [6.07, 6.45) is 0.473. The summed E-state index contributed by atoms with van der Waals surface area (Å²) in [5.41, 5.74) is 0.459. The Morgan fingerprint density at radius 2 is 2.35 bits per heavy atom. The highest BCUT2D eigenvalue weighted by Crippen LogP contribution is 2.21. The van der Waals surface area contributed by atoms with Crippen LogP contribution in [-0.2, 0) is 4.79 Å². The maximum atomic E-state index is 13.4. The Bertz CT molecular complexity index is 419. The van der Waals surface area contributed by atoms with Gasteiger partial charge in [-0.15, -0.1) is 0 Å². The molecule has 0 bridgehead atoms. The Balaban J connectivity index is 1.93. The molecule has 0 saturated carbocycles. The third-order valence-electron chi connectivity index (χ3n) is 2.78. The lowest BCUT2D eigenvalue weighted by Gasteiger charge is -2.26. The molecule has 2 N–H and O–H groups in total. The van der Waals surface area contributed by atoms with Crippen molar-refractivity contribution in [3.63, 3.8) is 0 Å². The van der Waals surface area contributed by atoms with Crippen LogP contribution >= 0.6 is 0 Å². The van der Waals surface area contributed by atoms with Crippen molar-refractivity contribution in [1.29, 1.82) is 0 Å². The summed E-state index contributed by atoms with van der Waals surface area (Å²) < 4.78 is 18.2. The van der Waals surface area contributed by atoms with Gasteiger partial charge in [0.2, 0.25) is 5.91 Å². The van der Waals surface area contributed by atoms with Crippen LogP contribution in [0.4, 0.5) is 10.1 Å². The van der Waals surface area contributed by atoms with Gasteiger partial charge in [0.1, 0.15) is 0 Å². The highest BCUT2D eigenvalue weighted by molar-refractivity contribution is 5.91. The van der Waals surface area contributed by atoms with Gasteiger partial charge in [-0.2, -0.15) is 0 Å². The maximum Gasteiger partial charge on any atom is 0.224 e. The van der Waals surface area contributed by atoms with Gasteiger partial charge in [-0.05, 0) is 31.1 Å². The van der Waals surface area contributed by atoms with E-state index in [1.54, 1.807) is 6.07 Å². The number of methoxy groups -OCH3 is 1. The quantitative estimate of drug-likeness (QED) is 0.833. The second-order valence-corrected chi connectivity index (χ2v) is 4.13. The zero-order valence-corrected chi connectivity index (χ0v) is 9.63. The molecule has 1 heterocycles. The van der Waals surface area contributed by atoms with E-state index in [4.69, 9.17) is 4.74 Å². The number of amides is 1. The van der Waals surface area contributed by atoms with E-state index in [0.29, 0.717) is 18.0 Å². The van der Waals surface area contributed by atoms with Crippen molar-refractivity contribution >= 4 is 11.6 Å². The highest BCUT2D eigenvalue weighted by Gasteiger charge is 2.20. The highest BCUT2D eigenvalue weighted by atomic mass is 19.1. The molecular formula is C12H15FN2O2. The first-order valence-corrected chi connectivity index (χ1v) is 5.53. The summed E-state index contributed by atoms with van der Waals surface area (Å²) in [6, 6.07) is 4.38. The molecule has 0 unspecified atom stereocenters. The lowest BCUT2D eigenvalue weighted by molar-refractivity contribution is -0.117. The molecule has 1 fully saturated rings. The van der Waals surface area contributed by atoms with Crippen molar-refractivity contribution in [2.75, 3.05) is 25.5 Å². The molecule has 1 aliphatic heterocycles. The first-order chi connectivity index (χ1) is 8.19. The third kappa shape index (κ3) is 2.94. The number of carbonyl (C=O) groups is 1. The largest absolute Gasteiger partial charge is 0.494 e. The fourth-order valence-corrected chi connectivity index (χ4v) is 1.71. The van der Waals surface area contributed by atoms with Gasteiger partial charge in [-0.25, -0.2) is 4.39 Å². The minimum atomic E-state index is -0.476. The molecule has 2 rings (SSSR count). The molecule has 0 spiro atoms. The SMILES string of the molecule is COc1ccc(NC(=O)CC2CNC2)cc1F. The number of rotatable bonds is 4. The van der Waals surface area contributed by atoms with Gasteiger partial charge in [0.15, 0.2) is 11.6 Å². The van der Waals surface area contributed by atoms with Crippen LogP contribution in [0.1, 0.15) is 6.42 Å². The molecule has 1 saturated heterocycles.